The molecule has 2 aliphatic heterocycles. The van der Waals surface area contributed by atoms with Gasteiger partial charge in [-0.15, -0.1) is 11.3 Å². The fourth-order valence-electron chi connectivity index (χ4n) is 8.87. The third-order valence-electron chi connectivity index (χ3n) is 11.8. The van der Waals surface area contributed by atoms with Crippen LogP contribution >= 0.6 is 11.3 Å². The second kappa shape index (κ2) is 10.4. The molecule has 2 nitrogen and oxygen atoms in total. The number of para-hydroxylation sites is 2. The summed E-state index contributed by atoms with van der Waals surface area (Å²) in [5, 5.41) is 1.36. The molecule has 0 saturated heterocycles. The third kappa shape index (κ3) is 4.45. The topological polar surface area (TPSA) is 6.48 Å². The summed E-state index contributed by atoms with van der Waals surface area (Å²) in [6, 6.07) is 39.4. The highest BCUT2D eigenvalue weighted by Gasteiger charge is 2.47. The molecule has 0 bridgehead atoms. The molecule has 49 heavy (non-hydrogen) atoms. The normalized spacial score (nSPS) is 17.0. The largest absolute Gasteiger partial charge is 0.311 e. The van der Waals surface area contributed by atoms with Gasteiger partial charge in [-0.05, 0) is 118 Å². The van der Waals surface area contributed by atoms with Gasteiger partial charge in [0.1, 0.15) is 0 Å². The Hall–Kier alpha value is -4.28. The number of fused-ring (bicyclic) bond motifs is 7. The van der Waals surface area contributed by atoms with Crippen LogP contribution in [0.5, 0.6) is 0 Å². The van der Waals surface area contributed by atoms with Crippen molar-refractivity contribution < 1.29 is 0 Å². The Morgan fingerprint density at radius 3 is 1.98 bits per heavy atom. The Morgan fingerprint density at radius 1 is 0.653 bits per heavy atom. The molecule has 6 aromatic rings. The number of hydrogen-bond acceptors (Lipinski definition) is 3. The van der Waals surface area contributed by atoms with Crippen LogP contribution in [-0.4, -0.2) is 6.71 Å². The van der Waals surface area contributed by atoms with E-state index in [0.29, 0.717) is 0 Å². The molecule has 0 atom stereocenters. The van der Waals surface area contributed by atoms with Gasteiger partial charge < -0.3 is 9.80 Å². The van der Waals surface area contributed by atoms with Crippen molar-refractivity contribution in [1.82, 2.24) is 0 Å². The number of nitrogens with zero attached hydrogens (tertiary/aromatic N) is 2. The first-order valence-corrected chi connectivity index (χ1v) is 18.8. The van der Waals surface area contributed by atoms with Crippen molar-refractivity contribution in [1.29, 1.82) is 0 Å². The van der Waals surface area contributed by atoms with Gasteiger partial charge in [0, 0.05) is 43.3 Å². The molecule has 1 aliphatic carbocycles. The van der Waals surface area contributed by atoms with Crippen LogP contribution in [0.4, 0.5) is 34.1 Å². The highest BCUT2D eigenvalue weighted by atomic mass is 32.1. The van der Waals surface area contributed by atoms with E-state index in [2.05, 4.69) is 168 Å². The van der Waals surface area contributed by atoms with Gasteiger partial charge in [-0.2, -0.15) is 0 Å². The minimum atomic E-state index is 0.0569. The molecule has 1 aromatic heterocycles. The maximum absolute atomic E-state index is 2.64. The predicted molar refractivity (Wildman–Crippen MR) is 215 cm³/mol. The van der Waals surface area contributed by atoms with Crippen LogP contribution in [0.3, 0.4) is 0 Å². The maximum atomic E-state index is 2.64. The van der Waals surface area contributed by atoms with E-state index < -0.39 is 0 Å². The molecule has 0 saturated carbocycles. The van der Waals surface area contributed by atoms with E-state index in [1.54, 1.807) is 0 Å². The number of benzene rings is 5. The second-order valence-corrected chi connectivity index (χ2v) is 18.0. The third-order valence-corrected chi connectivity index (χ3v) is 13.0. The quantitative estimate of drug-likeness (QED) is 0.171. The van der Waals surface area contributed by atoms with Crippen molar-refractivity contribution in [2.45, 2.75) is 84.5 Å². The monoisotopic (exact) mass is 656 g/mol. The van der Waals surface area contributed by atoms with Gasteiger partial charge in [0.05, 0.1) is 5.69 Å². The van der Waals surface area contributed by atoms with Crippen molar-refractivity contribution in [2.24, 2.45) is 0 Å². The van der Waals surface area contributed by atoms with Crippen molar-refractivity contribution in [3.8, 4) is 0 Å². The van der Waals surface area contributed by atoms with E-state index >= 15 is 0 Å². The molecule has 0 unspecified atom stereocenters. The summed E-state index contributed by atoms with van der Waals surface area (Å²) >= 11 is 2.00. The SMILES string of the molecule is Cc1ccccc1N1c2cccc3c2B(c2cc4c(cc2N3c2ccccc2)C(C)(C)CCC4(C)C)c2sc3ccc(C(C)(C)C)cc3c21. The molecule has 3 aliphatic rings. The van der Waals surface area contributed by atoms with Gasteiger partial charge in [-0.25, -0.2) is 0 Å². The van der Waals surface area contributed by atoms with Crippen molar-refractivity contribution in [3.63, 3.8) is 0 Å². The number of hydrogen-bond donors (Lipinski definition) is 0. The summed E-state index contributed by atoms with van der Waals surface area (Å²) < 4.78 is 2.81. The first-order chi connectivity index (χ1) is 23.3. The minimum Gasteiger partial charge on any atom is -0.311 e. The molecular formula is C45H45BN2S. The number of thiophene rings is 1. The van der Waals surface area contributed by atoms with Gasteiger partial charge in [0.15, 0.2) is 0 Å². The molecule has 3 heterocycles. The standard InChI is InChI=1S/C45H45BN2S/c1-28-15-12-13-18-35(28)48-37-20-14-19-36-40(37)46(42-41(48)31-25-29(43(2,3)4)21-22-39(31)49-42)34-26-32-33(45(7,8)24-23-44(32,5)6)27-38(34)47(36)30-16-10-9-11-17-30/h9-22,25-27H,23-24H2,1-8H3. The Balaban J connectivity index is 1.43. The van der Waals surface area contributed by atoms with E-state index in [9.17, 15) is 0 Å². The van der Waals surface area contributed by atoms with Gasteiger partial charge in [0.2, 0.25) is 0 Å². The zero-order valence-electron chi connectivity index (χ0n) is 30.1. The average molecular weight is 657 g/mol. The Morgan fingerprint density at radius 2 is 1.29 bits per heavy atom. The van der Waals surface area contributed by atoms with Crippen LogP contribution in [0.25, 0.3) is 10.1 Å². The molecule has 244 valence electrons. The Labute approximate surface area is 296 Å². The van der Waals surface area contributed by atoms with Crippen LogP contribution in [0.2, 0.25) is 0 Å². The van der Waals surface area contributed by atoms with Gasteiger partial charge in [0.25, 0.3) is 6.71 Å². The molecule has 0 radical (unpaired) electrons. The van der Waals surface area contributed by atoms with Gasteiger partial charge in [-0.3, -0.25) is 0 Å². The minimum absolute atomic E-state index is 0.0569. The van der Waals surface area contributed by atoms with E-state index in [4.69, 9.17) is 0 Å². The molecule has 5 aromatic carbocycles. The van der Waals surface area contributed by atoms with E-state index in [1.807, 2.05) is 11.3 Å². The lowest BCUT2D eigenvalue weighted by molar-refractivity contribution is 0.332. The lowest BCUT2D eigenvalue weighted by atomic mass is 9.35. The molecule has 9 rings (SSSR count). The summed E-state index contributed by atoms with van der Waals surface area (Å²) in [6.45, 7) is 19.2. The predicted octanol–water partition coefficient (Wildman–Crippen LogP) is 10.9. The van der Waals surface area contributed by atoms with Crippen LogP contribution < -0.4 is 25.5 Å². The summed E-state index contributed by atoms with van der Waals surface area (Å²) in [4.78, 5) is 5.17. The summed E-state index contributed by atoms with van der Waals surface area (Å²) in [6.07, 6.45) is 2.40. The smallest absolute Gasteiger partial charge is 0.264 e. The molecule has 0 spiro atoms. The maximum Gasteiger partial charge on any atom is 0.264 e. The number of anilines is 6. The first-order valence-electron chi connectivity index (χ1n) is 17.9. The molecule has 0 fully saturated rings. The van der Waals surface area contributed by atoms with E-state index in [-0.39, 0.29) is 23.0 Å². The van der Waals surface area contributed by atoms with E-state index in [1.165, 1.54) is 95.0 Å². The number of aryl methyl sites for hydroxylation is 1. The molecular weight excluding hydrogens is 611 g/mol. The highest BCUT2D eigenvalue weighted by Crippen LogP contribution is 2.51. The lowest BCUT2D eigenvalue weighted by Gasteiger charge is -2.47. The van der Waals surface area contributed by atoms with Crippen molar-refractivity contribution in [3.05, 3.63) is 125 Å². The molecule has 0 amide bonds. The summed E-state index contributed by atoms with van der Waals surface area (Å²) in [5.74, 6) is 0. The molecule has 0 N–H and O–H groups in total. The van der Waals surface area contributed by atoms with Crippen LogP contribution in [0.1, 0.15) is 83.6 Å². The van der Waals surface area contributed by atoms with Crippen LogP contribution in [0, 0.1) is 6.92 Å². The zero-order valence-corrected chi connectivity index (χ0v) is 30.9. The van der Waals surface area contributed by atoms with Crippen molar-refractivity contribution in [2.75, 3.05) is 9.80 Å². The fourth-order valence-corrected chi connectivity index (χ4v) is 10.2. The Bertz CT molecular complexity index is 2310. The van der Waals surface area contributed by atoms with Crippen LogP contribution in [-0.2, 0) is 16.2 Å². The summed E-state index contributed by atoms with van der Waals surface area (Å²) in [7, 11) is 0. The number of rotatable bonds is 2. The Kier molecular flexibility index (Phi) is 6.51. The lowest BCUT2D eigenvalue weighted by Crippen LogP contribution is -2.61. The highest BCUT2D eigenvalue weighted by molar-refractivity contribution is 7.33. The fraction of sp³-hybridized carbons (Fsp3) is 0.289. The van der Waals surface area contributed by atoms with Crippen LogP contribution in [0.15, 0.2) is 103 Å². The van der Waals surface area contributed by atoms with Gasteiger partial charge in [-0.1, -0.05) is 103 Å². The van der Waals surface area contributed by atoms with E-state index in [0.717, 1.165) is 0 Å². The molecule has 4 heteroatoms. The van der Waals surface area contributed by atoms with Gasteiger partial charge >= 0.3 is 0 Å². The second-order valence-electron chi connectivity index (χ2n) is 16.9. The van der Waals surface area contributed by atoms with Crippen molar-refractivity contribution >= 4 is 78.0 Å². The average Bonchev–Trinajstić information content (AvgIpc) is 3.45. The first kappa shape index (κ1) is 30.8. The zero-order chi connectivity index (χ0) is 34.0. The summed E-state index contributed by atoms with van der Waals surface area (Å²) in [5.41, 5.74) is 16.5.